The fraction of sp³-hybridized carbons (Fsp3) is 0.647. The first-order valence-corrected chi connectivity index (χ1v) is 7.80. The molecule has 1 saturated carbocycles. The molecule has 1 aromatic carbocycles. The minimum atomic E-state index is -0.412. The molecule has 1 aliphatic heterocycles. The van der Waals surface area contributed by atoms with Gasteiger partial charge in [0.1, 0.15) is 5.75 Å². The molecular formula is C17H25NO2. The molecule has 2 fully saturated rings. The van der Waals surface area contributed by atoms with Gasteiger partial charge in [-0.3, -0.25) is 4.90 Å². The van der Waals surface area contributed by atoms with E-state index in [4.69, 9.17) is 4.74 Å². The number of hydrogen-bond acceptors (Lipinski definition) is 3. The number of benzene rings is 1. The molecule has 2 aliphatic rings. The lowest BCUT2D eigenvalue weighted by atomic mass is 9.82. The Morgan fingerprint density at radius 3 is 2.60 bits per heavy atom. The number of methoxy groups -OCH3 is 1. The molecule has 0 aromatic heterocycles. The molecule has 110 valence electrons. The van der Waals surface area contributed by atoms with Gasteiger partial charge in [-0.05, 0) is 42.4 Å². The molecule has 3 atom stereocenters. The van der Waals surface area contributed by atoms with Crippen LogP contribution < -0.4 is 4.74 Å². The summed E-state index contributed by atoms with van der Waals surface area (Å²) in [5.41, 5.74) is 0.958. The zero-order valence-corrected chi connectivity index (χ0v) is 12.3. The van der Waals surface area contributed by atoms with Crippen LogP contribution in [0.4, 0.5) is 0 Å². The van der Waals surface area contributed by atoms with Gasteiger partial charge >= 0.3 is 0 Å². The predicted molar refractivity (Wildman–Crippen MR) is 79.8 cm³/mol. The summed E-state index contributed by atoms with van der Waals surface area (Å²) in [7, 11) is 1.66. The second-order valence-electron chi connectivity index (χ2n) is 6.32. The number of β-amino-alcohol motifs (C(OH)–C–C–N with tert-alkyl or cyclic N) is 1. The molecule has 0 spiro atoms. The van der Waals surface area contributed by atoms with E-state index in [2.05, 4.69) is 4.90 Å². The standard InChI is InChI=1S/C17H25NO2/c1-20-16-8-4-7-13(9-16)17(19)12-18-10-14-5-2-3-6-15(14)11-18/h4,7-9,14-15,17,19H,2-3,5-6,10-12H2,1H3. The van der Waals surface area contributed by atoms with Gasteiger partial charge < -0.3 is 9.84 Å². The van der Waals surface area contributed by atoms with Crippen LogP contribution in [0.15, 0.2) is 24.3 Å². The molecule has 3 unspecified atom stereocenters. The summed E-state index contributed by atoms with van der Waals surface area (Å²) in [6.07, 6.45) is 5.15. The van der Waals surface area contributed by atoms with Crippen molar-refractivity contribution in [2.45, 2.75) is 31.8 Å². The molecule has 1 aromatic rings. The van der Waals surface area contributed by atoms with Crippen LogP contribution in [-0.2, 0) is 0 Å². The number of rotatable bonds is 4. The molecule has 1 aliphatic carbocycles. The Kier molecular flexibility index (Phi) is 4.27. The topological polar surface area (TPSA) is 32.7 Å². The summed E-state index contributed by atoms with van der Waals surface area (Å²) in [4.78, 5) is 2.45. The number of fused-ring (bicyclic) bond motifs is 1. The van der Waals surface area contributed by atoms with Crippen LogP contribution in [-0.4, -0.2) is 36.8 Å². The van der Waals surface area contributed by atoms with Crippen molar-refractivity contribution < 1.29 is 9.84 Å². The summed E-state index contributed by atoms with van der Waals surface area (Å²) in [5, 5.41) is 10.4. The fourth-order valence-electron chi connectivity index (χ4n) is 3.85. The Labute approximate surface area is 121 Å². The molecule has 3 nitrogen and oxygen atoms in total. The van der Waals surface area contributed by atoms with Crippen LogP contribution in [0.5, 0.6) is 5.75 Å². The largest absolute Gasteiger partial charge is 0.497 e. The van der Waals surface area contributed by atoms with Crippen LogP contribution in [0.3, 0.4) is 0 Å². The van der Waals surface area contributed by atoms with Gasteiger partial charge in [0.05, 0.1) is 13.2 Å². The number of aliphatic hydroxyl groups is 1. The molecule has 20 heavy (non-hydrogen) atoms. The number of likely N-dealkylation sites (tertiary alicyclic amines) is 1. The van der Waals surface area contributed by atoms with E-state index in [1.807, 2.05) is 24.3 Å². The Morgan fingerprint density at radius 2 is 1.95 bits per heavy atom. The van der Waals surface area contributed by atoms with Gasteiger partial charge in [0, 0.05) is 19.6 Å². The third kappa shape index (κ3) is 2.99. The minimum Gasteiger partial charge on any atom is -0.497 e. The minimum absolute atomic E-state index is 0.412. The quantitative estimate of drug-likeness (QED) is 0.917. The Hall–Kier alpha value is -1.06. The summed E-state index contributed by atoms with van der Waals surface area (Å²) in [5.74, 6) is 2.57. The van der Waals surface area contributed by atoms with Gasteiger partial charge in [0.15, 0.2) is 0 Å². The Morgan fingerprint density at radius 1 is 1.25 bits per heavy atom. The fourth-order valence-corrected chi connectivity index (χ4v) is 3.85. The zero-order chi connectivity index (χ0) is 13.9. The molecule has 3 rings (SSSR count). The molecule has 1 saturated heterocycles. The highest BCUT2D eigenvalue weighted by Crippen LogP contribution is 2.36. The molecule has 0 radical (unpaired) electrons. The van der Waals surface area contributed by atoms with Crippen molar-refractivity contribution in [3.63, 3.8) is 0 Å². The van der Waals surface area contributed by atoms with Crippen molar-refractivity contribution in [3.05, 3.63) is 29.8 Å². The third-order valence-electron chi connectivity index (χ3n) is 4.96. The van der Waals surface area contributed by atoms with Crippen LogP contribution in [0.25, 0.3) is 0 Å². The van der Waals surface area contributed by atoms with E-state index < -0.39 is 6.10 Å². The van der Waals surface area contributed by atoms with Gasteiger partial charge in [-0.25, -0.2) is 0 Å². The summed E-state index contributed by atoms with van der Waals surface area (Å²) >= 11 is 0. The lowest BCUT2D eigenvalue weighted by Gasteiger charge is -2.23. The molecule has 1 heterocycles. The average molecular weight is 275 g/mol. The van der Waals surface area contributed by atoms with Gasteiger partial charge in [-0.15, -0.1) is 0 Å². The summed E-state index contributed by atoms with van der Waals surface area (Å²) < 4.78 is 5.23. The van der Waals surface area contributed by atoms with E-state index in [0.29, 0.717) is 0 Å². The summed E-state index contributed by atoms with van der Waals surface area (Å²) in [6.45, 7) is 3.09. The third-order valence-corrected chi connectivity index (χ3v) is 4.96. The average Bonchev–Trinajstić information content (AvgIpc) is 2.89. The van der Waals surface area contributed by atoms with E-state index in [1.165, 1.54) is 38.8 Å². The highest BCUT2D eigenvalue weighted by Gasteiger charge is 2.34. The van der Waals surface area contributed by atoms with Crippen molar-refractivity contribution in [1.82, 2.24) is 4.90 Å². The second-order valence-corrected chi connectivity index (χ2v) is 6.32. The maximum Gasteiger partial charge on any atom is 0.119 e. The van der Waals surface area contributed by atoms with Crippen LogP contribution in [0.2, 0.25) is 0 Å². The maximum atomic E-state index is 10.4. The first kappa shape index (κ1) is 13.9. The van der Waals surface area contributed by atoms with Gasteiger partial charge in [0.2, 0.25) is 0 Å². The van der Waals surface area contributed by atoms with Crippen LogP contribution in [0.1, 0.15) is 37.4 Å². The molecular weight excluding hydrogens is 250 g/mol. The van der Waals surface area contributed by atoms with E-state index >= 15 is 0 Å². The number of aliphatic hydroxyl groups excluding tert-OH is 1. The second kappa shape index (κ2) is 6.15. The SMILES string of the molecule is COc1cccc(C(O)CN2CC3CCCCC3C2)c1. The number of ether oxygens (including phenoxy) is 1. The maximum absolute atomic E-state index is 10.4. The van der Waals surface area contributed by atoms with Gasteiger partial charge in [-0.2, -0.15) is 0 Å². The van der Waals surface area contributed by atoms with Crippen molar-refractivity contribution in [2.75, 3.05) is 26.7 Å². The molecule has 1 N–H and O–H groups in total. The van der Waals surface area contributed by atoms with Crippen molar-refractivity contribution in [2.24, 2.45) is 11.8 Å². The van der Waals surface area contributed by atoms with Gasteiger partial charge in [-0.1, -0.05) is 25.0 Å². The molecule has 0 bridgehead atoms. The number of hydrogen-bond donors (Lipinski definition) is 1. The highest BCUT2D eigenvalue weighted by molar-refractivity contribution is 5.29. The normalized spacial score (nSPS) is 28.1. The zero-order valence-electron chi connectivity index (χ0n) is 12.3. The monoisotopic (exact) mass is 275 g/mol. The Bertz CT molecular complexity index is 434. The van der Waals surface area contributed by atoms with Crippen molar-refractivity contribution >= 4 is 0 Å². The van der Waals surface area contributed by atoms with Crippen molar-refractivity contribution in [3.8, 4) is 5.75 Å². The molecule has 0 amide bonds. The van der Waals surface area contributed by atoms with Crippen LogP contribution in [0, 0.1) is 11.8 Å². The smallest absolute Gasteiger partial charge is 0.119 e. The Balaban J connectivity index is 1.60. The van der Waals surface area contributed by atoms with Crippen LogP contribution >= 0.6 is 0 Å². The molecule has 3 heteroatoms. The van der Waals surface area contributed by atoms with E-state index in [9.17, 15) is 5.11 Å². The lowest BCUT2D eigenvalue weighted by molar-refractivity contribution is 0.123. The van der Waals surface area contributed by atoms with E-state index in [0.717, 1.165) is 29.7 Å². The first-order chi connectivity index (χ1) is 9.76. The highest BCUT2D eigenvalue weighted by atomic mass is 16.5. The lowest BCUT2D eigenvalue weighted by Crippen LogP contribution is -2.26. The predicted octanol–water partition coefficient (Wildman–Crippen LogP) is 2.85. The summed E-state index contributed by atoms with van der Waals surface area (Å²) in [6, 6.07) is 7.78. The number of nitrogens with zero attached hydrogens (tertiary/aromatic N) is 1. The first-order valence-electron chi connectivity index (χ1n) is 7.80. The van der Waals surface area contributed by atoms with E-state index in [-0.39, 0.29) is 0 Å². The van der Waals surface area contributed by atoms with Gasteiger partial charge in [0.25, 0.3) is 0 Å². The van der Waals surface area contributed by atoms with E-state index in [1.54, 1.807) is 7.11 Å². The van der Waals surface area contributed by atoms with Crippen molar-refractivity contribution in [1.29, 1.82) is 0 Å².